The van der Waals surface area contributed by atoms with E-state index in [4.69, 9.17) is 11.6 Å². The van der Waals surface area contributed by atoms with Crippen molar-refractivity contribution in [3.63, 3.8) is 0 Å². The number of hydrogen-bond acceptors (Lipinski definition) is 2. The number of amides is 1. The van der Waals surface area contributed by atoms with Crippen LogP contribution in [0.4, 0.5) is 4.39 Å². The molecule has 0 aliphatic carbocycles. The van der Waals surface area contributed by atoms with Gasteiger partial charge in [0.25, 0.3) is 5.91 Å². The van der Waals surface area contributed by atoms with Crippen LogP contribution >= 0.6 is 11.6 Å². The molecule has 3 nitrogen and oxygen atoms in total. The van der Waals surface area contributed by atoms with Gasteiger partial charge in [0.15, 0.2) is 0 Å². The molecule has 1 atom stereocenters. The van der Waals surface area contributed by atoms with E-state index < -0.39 is 0 Å². The van der Waals surface area contributed by atoms with Gasteiger partial charge in [-0.25, -0.2) is 9.37 Å². The lowest BCUT2D eigenvalue weighted by Gasteiger charge is -2.25. The number of hydrogen-bond donors (Lipinski definition) is 0. The predicted molar refractivity (Wildman–Crippen MR) is 76.2 cm³/mol. The molecule has 104 valence electrons. The van der Waals surface area contributed by atoms with Crippen molar-refractivity contribution in [3.05, 3.63) is 64.7 Å². The zero-order valence-electron chi connectivity index (χ0n) is 11.2. The molecular formula is C15H14ClFN2O. The van der Waals surface area contributed by atoms with Gasteiger partial charge < -0.3 is 4.90 Å². The van der Waals surface area contributed by atoms with E-state index in [0.29, 0.717) is 11.1 Å². The van der Waals surface area contributed by atoms with E-state index in [2.05, 4.69) is 4.98 Å². The monoisotopic (exact) mass is 292 g/mol. The predicted octanol–water partition coefficient (Wildman–Crippen LogP) is 3.71. The van der Waals surface area contributed by atoms with E-state index in [0.717, 1.165) is 0 Å². The highest BCUT2D eigenvalue weighted by Crippen LogP contribution is 2.23. The van der Waals surface area contributed by atoms with Crippen LogP contribution in [0.1, 0.15) is 28.9 Å². The number of benzene rings is 1. The van der Waals surface area contributed by atoms with Gasteiger partial charge in [0, 0.05) is 24.4 Å². The Labute approximate surface area is 122 Å². The molecular weight excluding hydrogens is 279 g/mol. The van der Waals surface area contributed by atoms with Crippen LogP contribution in [0.5, 0.6) is 0 Å². The first kappa shape index (κ1) is 14.5. The van der Waals surface area contributed by atoms with E-state index in [1.165, 1.54) is 23.2 Å². The number of carbonyl (C=O) groups is 1. The third-order valence-electron chi connectivity index (χ3n) is 3.23. The smallest absolute Gasteiger partial charge is 0.254 e. The van der Waals surface area contributed by atoms with Crippen LogP contribution in [-0.2, 0) is 0 Å². The highest BCUT2D eigenvalue weighted by molar-refractivity contribution is 6.29. The van der Waals surface area contributed by atoms with Crippen LogP contribution in [0.2, 0.25) is 5.15 Å². The maximum absolute atomic E-state index is 13.8. The van der Waals surface area contributed by atoms with Crippen molar-refractivity contribution in [2.24, 2.45) is 0 Å². The lowest BCUT2D eigenvalue weighted by Crippen LogP contribution is -2.30. The van der Waals surface area contributed by atoms with Gasteiger partial charge in [-0.3, -0.25) is 4.79 Å². The minimum absolute atomic E-state index is 0.231. The van der Waals surface area contributed by atoms with Crippen LogP contribution in [0.25, 0.3) is 0 Å². The summed E-state index contributed by atoms with van der Waals surface area (Å²) in [4.78, 5) is 17.6. The minimum Gasteiger partial charge on any atom is -0.335 e. The van der Waals surface area contributed by atoms with Gasteiger partial charge in [-0.05, 0) is 25.1 Å². The fraction of sp³-hybridized carbons (Fsp3) is 0.200. The first-order chi connectivity index (χ1) is 9.50. The Morgan fingerprint density at radius 3 is 2.70 bits per heavy atom. The van der Waals surface area contributed by atoms with Crippen LogP contribution in [0.15, 0.2) is 42.6 Å². The molecule has 1 aromatic heterocycles. The topological polar surface area (TPSA) is 33.2 Å². The Kier molecular flexibility index (Phi) is 4.35. The summed E-state index contributed by atoms with van der Waals surface area (Å²) in [5, 5.41) is 0.253. The Morgan fingerprint density at radius 2 is 2.05 bits per heavy atom. The summed E-state index contributed by atoms with van der Waals surface area (Å²) in [6, 6.07) is 9.12. The van der Waals surface area contributed by atoms with Crippen molar-refractivity contribution in [3.8, 4) is 0 Å². The summed E-state index contributed by atoms with van der Waals surface area (Å²) in [6.45, 7) is 1.78. The molecule has 0 bridgehead atoms. The maximum Gasteiger partial charge on any atom is 0.254 e. The summed E-state index contributed by atoms with van der Waals surface area (Å²) in [5.74, 6) is -0.558. The molecule has 20 heavy (non-hydrogen) atoms. The molecule has 0 aliphatic rings. The number of halogens is 2. The third kappa shape index (κ3) is 2.96. The number of nitrogens with zero attached hydrogens (tertiary/aromatic N) is 2. The Bertz CT molecular complexity index is 633. The largest absolute Gasteiger partial charge is 0.335 e. The molecule has 0 saturated heterocycles. The van der Waals surface area contributed by atoms with Crippen molar-refractivity contribution < 1.29 is 9.18 Å². The minimum atomic E-state index is -0.379. The number of pyridine rings is 1. The number of carbonyl (C=O) groups excluding carboxylic acids is 1. The molecule has 0 fully saturated rings. The average Bonchev–Trinajstić information content (AvgIpc) is 2.45. The standard InChI is InChI=1S/C15H14ClFN2O/c1-10(12-5-3-4-6-13(12)17)19(2)15(20)11-7-8-18-14(16)9-11/h3-10H,1-2H3. The van der Waals surface area contributed by atoms with E-state index in [1.54, 1.807) is 38.2 Å². The van der Waals surface area contributed by atoms with Gasteiger partial charge >= 0.3 is 0 Å². The maximum atomic E-state index is 13.8. The normalized spacial score (nSPS) is 12.0. The third-order valence-corrected chi connectivity index (χ3v) is 3.44. The quantitative estimate of drug-likeness (QED) is 0.808. The molecule has 0 spiro atoms. The average molecular weight is 293 g/mol. The molecule has 1 aromatic carbocycles. The molecule has 0 saturated carbocycles. The van der Waals surface area contributed by atoms with Gasteiger partial charge in [-0.1, -0.05) is 29.8 Å². The van der Waals surface area contributed by atoms with E-state index >= 15 is 0 Å². The van der Waals surface area contributed by atoms with Crippen LogP contribution < -0.4 is 0 Å². The second-order valence-corrected chi connectivity index (χ2v) is 4.87. The van der Waals surface area contributed by atoms with E-state index in [9.17, 15) is 9.18 Å². The van der Waals surface area contributed by atoms with Crippen molar-refractivity contribution in [1.29, 1.82) is 0 Å². The number of aromatic nitrogens is 1. The Morgan fingerprint density at radius 1 is 1.35 bits per heavy atom. The van der Waals surface area contributed by atoms with E-state index in [-0.39, 0.29) is 22.9 Å². The molecule has 1 amide bonds. The Hall–Kier alpha value is -1.94. The molecule has 0 N–H and O–H groups in total. The van der Waals surface area contributed by atoms with Gasteiger partial charge in [-0.15, -0.1) is 0 Å². The lowest BCUT2D eigenvalue weighted by molar-refractivity contribution is 0.0740. The van der Waals surface area contributed by atoms with Gasteiger partial charge in [0.05, 0.1) is 6.04 Å². The van der Waals surface area contributed by atoms with Crippen LogP contribution in [0.3, 0.4) is 0 Å². The van der Waals surface area contributed by atoms with Crippen LogP contribution in [0, 0.1) is 5.82 Å². The highest BCUT2D eigenvalue weighted by Gasteiger charge is 2.21. The molecule has 1 unspecified atom stereocenters. The lowest BCUT2D eigenvalue weighted by atomic mass is 10.1. The Balaban J connectivity index is 2.25. The van der Waals surface area contributed by atoms with E-state index in [1.807, 2.05) is 0 Å². The first-order valence-corrected chi connectivity index (χ1v) is 6.51. The highest BCUT2D eigenvalue weighted by atomic mass is 35.5. The zero-order valence-corrected chi connectivity index (χ0v) is 11.9. The zero-order chi connectivity index (χ0) is 14.7. The molecule has 0 aliphatic heterocycles. The summed E-state index contributed by atoms with van der Waals surface area (Å²) >= 11 is 5.77. The van der Waals surface area contributed by atoms with Gasteiger partial charge in [0.1, 0.15) is 11.0 Å². The van der Waals surface area contributed by atoms with Crippen molar-refractivity contribution in [1.82, 2.24) is 9.88 Å². The second kappa shape index (κ2) is 6.01. The van der Waals surface area contributed by atoms with Crippen molar-refractivity contribution in [2.45, 2.75) is 13.0 Å². The number of rotatable bonds is 3. The fourth-order valence-electron chi connectivity index (χ4n) is 1.94. The molecule has 0 radical (unpaired) electrons. The van der Waals surface area contributed by atoms with Crippen molar-refractivity contribution >= 4 is 17.5 Å². The first-order valence-electron chi connectivity index (χ1n) is 6.14. The summed E-state index contributed by atoms with van der Waals surface area (Å²) in [7, 11) is 1.63. The van der Waals surface area contributed by atoms with Crippen LogP contribution in [-0.4, -0.2) is 22.8 Å². The van der Waals surface area contributed by atoms with Gasteiger partial charge in [0.2, 0.25) is 0 Å². The molecule has 2 rings (SSSR count). The summed E-state index contributed by atoms with van der Waals surface area (Å²) in [5.41, 5.74) is 0.902. The molecule has 5 heteroatoms. The summed E-state index contributed by atoms with van der Waals surface area (Å²) in [6.07, 6.45) is 1.47. The summed E-state index contributed by atoms with van der Waals surface area (Å²) < 4.78 is 13.8. The molecule has 1 heterocycles. The van der Waals surface area contributed by atoms with Crippen molar-refractivity contribution in [2.75, 3.05) is 7.05 Å². The van der Waals surface area contributed by atoms with Gasteiger partial charge in [-0.2, -0.15) is 0 Å². The molecule has 2 aromatic rings. The second-order valence-electron chi connectivity index (χ2n) is 4.48. The SMILES string of the molecule is CC(c1ccccc1F)N(C)C(=O)c1ccnc(Cl)c1. The fourth-order valence-corrected chi connectivity index (χ4v) is 2.11.